The number of ether oxygens (including phenoxy) is 3. The first kappa shape index (κ1) is 39.7. The second-order valence-electron chi connectivity index (χ2n) is 16.3. The quantitative estimate of drug-likeness (QED) is 0.0909. The van der Waals surface area contributed by atoms with E-state index in [9.17, 15) is 20.1 Å². The first-order valence-electron chi connectivity index (χ1n) is 18.6. The van der Waals surface area contributed by atoms with Crippen LogP contribution in [0.1, 0.15) is 111 Å². The van der Waals surface area contributed by atoms with E-state index >= 15 is 0 Å². The summed E-state index contributed by atoms with van der Waals surface area (Å²) in [7, 11) is 0. The molecule has 1 fully saturated rings. The molecule has 1 aromatic carbocycles. The number of phenols is 1. The Morgan fingerprint density at radius 2 is 1.80 bits per heavy atom. The van der Waals surface area contributed by atoms with Crippen LogP contribution in [0.4, 0.5) is 4.79 Å². The monoisotopic (exact) mass is 698 g/mol. The number of benzene rings is 1. The number of aromatic hydroxyl groups is 1. The lowest BCUT2D eigenvalue weighted by Crippen LogP contribution is -2.70. The molecule has 6 atom stereocenters. The zero-order valence-corrected chi connectivity index (χ0v) is 31.5. The van der Waals surface area contributed by atoms with E-state index in [2.05, 4.69) is 12.7 Å². The molecule has 10 heteroatoms. The number of carbonyl (C=O) groups is 1. The van der Waals surface area contributed by atoms with Gasteiger partial charge in [-0.3, -0.25) is 4.90 Å². The Kier molecular flexibility index (Phi) is 13.5. The third-order valence-electron chi connectivity index (χ3n) is 9.79. The van der Waals surface area contributed by atoms with E-state index in [0.29, 0.717) is 38.0 Å². The van der Waals surface area contributed by atoms with Gasteiger partial charge in [-0.05, 0) is 93.9 Å². The van der Waals surface area contributed by atoms with Gasteiger partial charge >= 0.3 is 6.09 Å². The third-order valence-corrected chi connectivity index (χ3v) is 9.79. The molecule has 0 radical (unpaired) electrons. The number of aliphatic hydroxyl groups excluding tert-OH is 2. The fraction of sp³-hybridized carbons (Fsp3) is 0.700. The summed E-state index contributed by atoms with van der Waals surface area (Å²) in [5.41, 5.74) is 1.78. The van der Waals surface area contributed by atoms with Crippen LogP contribution in [0.2, 0.25) is 0 Å². The molecule has 4 rings (SSSR count). The Labute approximate surface area is 299 Å². The van der Waals surface area contributed by atoms with Crippen LogP contribution in [0.15, 0.2) is 47.7 Å². The molecule has 0 saturated heterocycles. The lowest BCUT2D eigenvalue weighted by molar-refractivity contribution is -0.255. The summed E-state index contributed by atoms with van der Waals surface area (Å²) in [6, 6.07) is 4.59. The van der Waals surface area contributed by atoms with Gasteiger partial charge in [-0.1, -0.05) is 57.8 Å². The molecule has 0 unspecified atom stereocenters. The molecule has 3 N–H and O–H groups in total. The summed E-state index contributed by atoms with van der Waals surface area (Å²) >= 11 is 0. The van der Waals surface area contributed by atoms with Crippen LogP contribution in [-0.2, 0) is 14.3 Å². The summed E-state index contributed by atoms with van der Waals surface area (Å²) in [6.45, 7) is 19.0. The van der Waals surface area contributed by atoms with E-state index in [1.54, 1.807) is 29.2 Å². The van der Waals surface area contributed by atoms with Crippen LogP contribution in [0.25, 0.3) is 0 Å². The summed E-state index contributed by atoms with van der Waals surface area (Å²) in [5, 5.41) is 35.2. The summed E-state index contributed by atoms with van der Waals surface area (Å²) < 4.78 is 20.0. The number of amides is 1. The molecule has 1 heterocycles. The molecule has 50 heavy (non-hydrogen) atoms. The number of rotatable bonds is 16. The van der Waals surface area contributed by atoms with Crippen LogP contribution >= 0.6 is 0 Å². The molecule has 0 spiro atoms. The van der Waals surface area contributed by atoms with Gasteiger partial charge in [0, 0.05) is 37.7 Å². The normalized spacial score (nSPS) is 26.7. The van der Waals surface area contributed by atoms with Gasteiger partial charge in [-0.25, -0.2) is 4.79 Å². The van der Waals surface area contributed by atoms with E-state index in [1.165, 1.54) is 0 Å². The van der Waals surface area contributed by atoms with Gasteiger partial charge in [0.25, 0.3) is 0 Å². The lowest BCUT2D eigenvalue weighted by atomic mass is 9.55. The molecule has 0 bridgehead atoms. The number of oxime groups is 1. The molecule has 1 saturated carbocycles. The third kappa shape index (κ3) is 9.22. The minimum Gasteiger partial charge on any atom is -0.508 e. The topological polar surface area (TPSA) is 130 Å². The Hall–Kier alpha value is -3.08. The van der Waals surface area contributed by atoms with Crippen LogP contribution in [0.3, 0.4) is 0 Å². The minimum atomic E-state index is -1.35. The summed E-state index contributed by atoms with van der Waals surface area (Å²) in [4.78, 5) is 22.1. The maximum Gasteiger partial charge on any atom is 0.410 e. The molecular weight excluding hydrogens is 636 g/mol. The van der Waals surface area contributed by atoms with Crippen molar-refractivity contribution in [3.8, 4) is 11.5 Å². The fourth-order valence-corrected chi connectivity index (χ4v) is 7.83. The molecule has 1 aromatic rings. The molecule has 0 aromatic heterocycles. The highest BCUT2D eigenvalue weighted by molar-refractivity contribution is 6.03. The van der Waals surface area contributed by atoms with Gasteiger partial charge in [0.05, 0.1) is 24.8 Å². The molecule has 10 nitrogen and oxygen atoms in total. The Bertz CT molecular complexity index is 1360. The minimum absolute atomic E-state index is 0.0844. The number of fused-ring (bicyclic) bond motifs is 2. The second-order valence-corrected chi connectivity index (χ2v) is 16.3. The van der Waals surface area contributed by atoms with Gasteiger partial charge < -0.3 is 34.4 Å². The number of allylic oxidation sites excluding steroid dienone is 1. The lowest BCUT2D eigenvalue weighted by Gasteiger charge is -2.60. The van der Waals surface area contributed by atoms with Gasteiger partial charge in [0.2, 0.25) is 5.79 Å². The van der Waals surface area contributed by atoms with Gasteiger partial charge in [0.1, 0.15) is 23.1 Å². The highest BCUT2D eigenvalue weighted by Crippen LogP contribution is 2.62. The SMILES string of the molecule is C=CCO[C@@]12Oc3ccc(O)cc3[C@H]3[C@H](CCCCO)[C@@H](CCCCO)C=C(C(=NOC(C)(C)C)C[C@@H]1N(CCC)C(=O)OCC(C)(C)C)[C@H]32. The predicted molar refractivity (Wildman–Crippen MR) is 195 cm³/mol. The van der Waals surface area contributed by atoms with Crippen molar-refractivity contribution in [2.24, 2.45) is 28.3 Å². The maximum atomic E-state index is 14.2. The van der Waals surface area contributed by atoms with Crippen molar-refractivity contribution in [1.82, 2.24) is 4.90 Å². The number of hydrogen-bond acceptors (Lipinski definition) is 9. The van der Waals surface area contributed by atoms with E-state index in [4.69, 9.17) is 24.2 Å². The Balaban J connectivity index is 2.02. The Morgan fingerprint density at radius 1 is 1.10 bits per heavy atom. The molecule has 280 valence electrons. The van der Waals surface area contributed by atoms with Crippen molar-refractivity contribution in [2.45, 2.75) is 123 Å². The number of hydrogen-bond donors (Lipinski definition) is 3. The summed E-state index contributed by atoms with van der Waals surface area (Å²) in [6.07, 6.45) is 9.27. The Morgan fingerprint density at radius 3 is 2.42 bits per heavy atom. The molecule has 3 aliphatic rings. The van der Waals surface area contributed by atoms with Crippen LogP contribution in [-0.4, -0.2) is 82.4 Å². The highest BCUT2D eigenvalue weighted by atomic mass is 16.7. The molecule has 1 aliphatic heterocycles. The van der Waals surface area contributed by atoms with Crippen molar-refractivity contribution in [3.05, 3.63) is 48.1 Å². The average Bonchev–Trinajstić information content (AvgIpc) is 3.05. The van der Waals surface area contributed by atoms with Crippen molar-refractivity contribution in [2.75, 3.05) is 33.0 Å². The average molecular weight is 699 g/mol. The van der Waals surface area contributed by atoms with E-state index in [0.717, 1.165) is 42.5 Å². The first-order chi connectivity index (χ1) is 23.7. The second kappa shape index (κ2) is 17.0. The van der Waals surface area contributed by atoms with Crippen molar-refractivity contribution in [1.29, 1.82) is 0 Å². The number of nitrogens with zero attached hydrogens (tertiary/aromatic N) is 2. The zero-order valence-electron chi connectivity index (χ0n) is 31.5. The van der Waals surface area contributed by atoms with E-state index in [1.807, 2.05) is 48.5 Å². The largest absolute Gasteiger partial charge is 0.508 e. The van der Waals surface area contributed by atoms with Crippen LogP contribution < -0.4 is 4.74 Å². The van der Waals surface area contributed by atoms with Gasteiger partial charge in [-0.2, -0.15) is 0 Å². The highest BCUT2D eigenvalue weighted by Gasteiger charge is 2.65. The van der Waals surface area contributed by atoms with Crippen LogP contribution in [0.5, 0.6) is 11.5 Å². The first-order valence-corrected chi connectivity index (χ1v) is 18.6. The van der Waals surface area contributed by atoms with Crippen molar-refractivity contribution < 1.29 is 39.2 Å². The predicted octanol–water partition coefficient (Wildman–Crippen LogP) is 7.72. The molecular formula is C40H62N2O8. The molecule has 2 aliphatic carbocycles. The standard InChI is InChI=1S/C40H62N2O8/c1-9-19-42(37(46)47-26-38(3,4)5)34-25-32(41-50-39(6,7)8)30-23-27(15-11-13-20-43)29(16-12-14-21-44)35-31-24-28(45)17-18-33(31)49-40(34,36(30)35)48-22-10-2/h10,17-18,23-24,27,29,34-36,43-45H,2,9,11-16,19-22,25-26H2,1,3-8H3/t27-,29+,34-,35+,36+,40+/m0/s1. The molecule has 1 amide bonds. The zero-order chi connectivity index (χ0) is 36.7. The summed E-state index contributed by atoms with van der Waals surface area (Å²) in [5.74, 6) is -1.03. The maximum absolute atomic E-state index is 14.2. The number of carbonyl (C=O) groups excluding carboxylic acids is 1. The van der Waals surface area contributed by atoms with Crippen LogP contribution in [0, 0.1) is 23.2 Å². The fourth-order valence-electron chi connectivity index (χ4n) is 7.83. The van der Waals surface area contributed by atoms with Gasteiger partial charge in [-0.15, -0.1) is 6.58 Å². The van der Waals surface area contributed by atoms with E-state index in [-0.39, 0.29) is 55.3 Å². The number of unbranched alkanes of at least 4 members (excludes halogenated alkanes) is 2. The smallest absolute Gasteiger partial charge is 0.410 e. The van der Waals surface area contributed by atoms with Crippen molar-refractivity contribution >= 4 is 11.8 Å². The van der Waals surface area contributed by atoms with Crippen molar-refractivity contribution in [3.63, 3.8) is 0 Å². The van der Waals surface area contributed by atoms with Gasteiger partial charge in [0.15, 0.2) is 0 Å². The number of phenolic OH excluding ortho intramolecular Hbond substituents is 1. The number of aliphatic hydroxyl groups is 2. The van der Waals surface area contributed by atoms with E-state index < -0.39 is 29.4 Å².